The van der Waals surface area contributed by atoms with Gasteiger partial charge in [-0.05, 0) is 69.6 Å². The summed E-state index contributed by atoms with van der Waals surface area (Å²) in [5, 5.41) is 0. The molecule has 1 saturated heterocycles. The minimum atomic E-state index is -0.154. The van der Waals surface area contributed by atoms with Crippen LogP contribution in [0.1, 0.15) is 78.6 Å². The van der Waals surface area contributed by atoms with E-state index < -0.39 is 0 Å². The molecule has 5 rings (SSSR count). The maximum absolute atomic E-state index is 11.5. The Balaban J connectivity index is 1.36. The van der Waals surface area contributed by atoms with Crippen LogP contribution >= 0.6 is 0 Å². The molecular formula is C23H36O5. The van der Waals surface area contributed by atoms with E-state index in [0.29, 0.717) is 18.1 Å². The molecule has 0 bridgehead atoms. The summed E-state index contributed by atoms with van der Waals surface area (Å²) in [5.41, 5.74) is 0.510. The fourth-order valence-electron chi connectivity index (χ4n) is 8.26. The molecule has 0 amide bonds. The smallest absolute Gasteiger partial charge is 0.302 e. The Morgan fingerprint density at radius 1 is 1.11 bits per heavy atom. The highest BCUT2D eigenvalue weighted by Crippen LogP contribution is 2.73. The van der Waals surface area contributed by atoms with Crippen molar-refractivity contribution in [3.63, 3.8) is 0 Å². The zero-order valence-electron chi connectivity index (χ0n) is 17.7. The van der Waals surface area contributed by atoms with Gasteiger partial charge in [0.1, 0.15) is 11.7 Å². The first-order chi connectivity index (χ1) is 13.4. The predicted octanol–water partition coefficient (Wildman–Crippen LogP) is 4.43. The molecule has 0 aromatic carbocycles. The summed E-state index contributed by atoms with van der Waals surface area (Å²) in [4.78, 5) is 22.4. The van der Waals surface area contributed by atoms with Crippen molar-refractivity contribution >= 4 is 5.97 Å². The van der Waals surface area contributed by atoms with Gasteiger partial charge in [0, 0.05) is 24.2 Å². The molecule has 5 aliphatic rings. The molecule has 5 fully saturated rings. The van der Waals surface area contributed by atoms with Crippen LogP contribution in [0.25, 0.3) is 0 Å². The van der Waals surface area contributed by atoms with Crippen LogP contribution in [0.5, 0.6) is 0 Å². The second kappa shape index (κ2) is 6.68. The van der Waals surface area contributed by atoms with E-state index >= 15 is 0 Å². The van der Waals surface area contributed by atoms with Crippen LogP contribution < -0.4 is 0 Å². The van der Waals surface area contributed by atoms with Crippen molar-refractivity contribution in [3.05, 3.63) is 0 Å². The Kier molecular flexibility index (Phi) is 4.61. The average molecular weight is 393 g/mol. The summed E-state index contributed by atoms with van der Waals surface area (Å²) < 4.78 is 12.1. The Hall–Kier alpha value is -0.650. The van der Waals surface area contributed by atoms with Gasteiger partial charge < -0.3 is 9.47 Å². The number of esters is 1. The second-order valence-electron chi connectivity index (χ2n) is 10.5. The van der Waals surface area contributed by atoms with Crippen molar-refractivity contribution in [1.29, 1.82) is 0 Å². The lowest BCUT2D eigenvalue weighted by molar-refractivity contribution is -0.314. The Bertz CT molecular complexity index is 636. The van der Waals surface area contributed by atoms with Crippen LogP contribution in [0.2, 0.25) is 0 Å². The monoisotopic (exact) mass is 392 g/mol. The van der Waals surface area contributed by atoms with Crippen LogP contribution in [-0.4, -0.2) is 37.0 Å². The van der Waals surface area contributed by atoms with E-state index in [9.17, 15) is 4.79 Å². The Morgan fingerprint density at radius 3 is 2.75 bits per heavy atom. The highest BCUT2D eigenvalue weighted by Gasteiger charge is 2.76. The second-order valence-corrected chi connectivity index (χ2v) is 10.5. The predicted molar refractivity (Wildman–Crippen MR) is 103 cm³/mol. The highest BCUT2D eigenvalue weighted by atomic mass is 17.2. The summed E-state index contributed by atoms with van der Waals surface area (Å²) in [7, 11) is 0. The van der Waals surface area contributed by atoms with E-state index in [4.69, 9.17) is 19.2 Å². The number of fused-ring (bicyclic) bond motifs is 4. The van der Waals surface area contributed by atoms with Crippen LogP contribution in [0, 0.1) is 28.6 Å². The van der Waals surface area contributed by atoms with Crippen molar-refractivity contribution < 1.29 is 24.0 Å². The van der Waals surface area contributed by atoms with Crippen LogP contribution in [-0.2, 0) is 24.0 Å². The van der Waals surface area contributed by atoms with Crippen LogP contribution in [0.4, 0.5) is 0 Å². The molecule has 8 atom stereocenters. The van der Waals surface area contributed by atoms with Gasteiger partial charge in [0.15, 0.2) is 0 Å². The molecule has 5 nitrogen and oxygen atoms in total. The van der Waals surface area contributed by atoms with Gasteiger partial charge in [-0.2, -0.15) is 0 Å². The van der Waals surface area contributed by atoms with Gasteiger partial charge in [0.25, 0.3) is 0 Å². The van der Waals surface area contributed by atoms with E-state index in [0.717, 1.165) is 43.6 Å². The third-order valence-electron chi connectivity index (χ3n) is 9.45. The topological polar surface area (TPSA) is 57.3 Å². The molecule has 158 valence electrons. The zero-order chi connectivity index (χ0) is 19.6. The minimum absolute atomic E-state index is 0.0348. The van der Waals surface area contributed by atoms with Gasteiger partial charge in [-0.15, -0.1) is 0 Å². The summed E-state index contributed by atoms with van der Waals surface area (Å²) >= 11 is 0. The Labute approximate surface area is 168 Å². The average Bonchev–Trinajstić information content (AvgIpc) is 3.17. The molecule has 0 aromatic rings. The lowest BCUT2D eigenvalue weighted by Gasteiger charge is -2.59. The summed E-state index contributed by atoms with van der Waals surface area (Å²) in [6, 6.07) is 0. The standard InChI is InChI=1S/C23H36O5/c1-4-25-26-14-22-9-5-6-19(22)17-12-20-23(28-20)13-16(27-15(2)24)7-10-21(23,3)18(17)8-11-22/h16-20H,4-14H2,1-3H3/t16-,17+,18-,19-,20-,21+,22-,23-/m0/s1. The van der Waals surface area contributed by atoms with Crippen molar-refractivity contribution in [2.24, 2.45) is 28.6 Å². The molecule has 0 radical (unpaired) electrons. The van der Waals surface area contributed by atoms with E-state index in [1.807, 2.05) is 6.92 Å². The number of hydrogen-bond acceptors (Lipinski definition) is 5. The molecule has 0 N–H and O–H groups in total. The molecule has 1 spiro atoms. The molecular weight excluding hydrogens is 356 g/mol. The minimum Gasteiger partial charge on any atom is -0.462 e. The van der Waals surface area contributed by atoms with Crippen molar-refractivity contribution in [2.75, 3.05) is 13.2 Å². The molecule has 4 saturated carbocycles. The van der Waals surface area contributed by atoms with Gasteiger partial charge >= 0.3 is 5.97 Å². The van der Waals surface area contributed by atoms with Crippen LogP contribution in [0.3, 0.4) is 0 Å². The molecule has 1 heterocycles. The van der Waals surface area contributed by atoms with Gasteiger partial charge in [-0.1, -0.05) is 13.3 Å². The fraction of sp³-hybridized carbons (Fsp3) is 0.957. The number of hydrogen-bond donors (Lipinski definition) is 0. The molecule has 0 aromatic heterocycles. The van der Waals surface area contributed by atoms with Crippen molar-refractivity contribution in [1.82, 2.24) is 0 Å². The molecule has 5 heteroatoms. The van der Waals surface area contributed by atoms with E-state index in [-0.39, 0.29) is 23.1 Å². The third-order valence-corrected chi connectivity index (χ3v) is 9.45. The van der Waals surface area contributed by atoms with Gasteiger partial charge in [0.05, 0.1) is 19.3 Å². The lowest BCUT2D eigenvalue weighted by atomic mass is 9.45. The first-order valence-electron chi connectivity index (χ1n) is 11.5. The molecule has 1 aliphatic heterocycles. The number of carbonyl (C=O) groups excluding carboxylic acids is 1. The SMILES string of the molecule is CCOOC[C@@]12CCC[C@H]1[C@@H]1C[C@@H]3O[C@@]34C[C@@H](OC(C)=O)CC[C@]4(C)[C@H]1CC2. The van der Waals surface area contributed by atoms with Crippen molar-refractivity contribution in [2.45, 2.75) is 96.4 Å². The number of epoxide rings is 1. The van der Waals surface area contributed by atoms with E-state index in [1.54, 1.807) is 0 Å². The van der Waals surface area contributed by atoms with Crippen LogP contribution in [0.15, 0.2) is 0 Å². The van der Waals surface area contributed by atoms with Crippen molar-refractivity contribution in [3.8, 4) is 0 Å². The molecule has 28 heavy (non-hydrogen) atoms. The van der Waals surface area contributed by atoms with Gasteiger partial charge in [-0.3, -0.25) is 4.79 Å². The van der Waals surface area contributed by atoms with Gasteiger partial charge in [-0.25, -0.2) is 9.78 Å². The zero-order valence-corrected chi connectivity index (χ0v) is 17.7. The summed E-state index contributed by atoms with van der Waals surface area (Å²) in [6.07, 6.45) is 11.1. The quantitative estimate of drug-likeness (QED) is 0.228. The first-order valence-corrected chi connectivity index (χ1v) is 11.5. The highest BCUT2D eigenvalue weighted by molar-refractivity contribution is 5.66. The lowest BCUT2D eigenvalue weighted by Crippen LogP contribution is -2.59. The fourth-order valence-corrected chi connectivity index (χ4v) is 8.26. The number of carbonyl (C=O) groups is 1. The number of rotatable bonds is 5. The number of ether oxygens (including phenoxy) is 2. The van der Waals surface area contributed by atoms with Gasteiger partial charge in [0.2, 0.25) is 0 Å². The largest absolute Gasteiger partial charge is 0.462 e. The summed E-state index contributed by atoms with van der Waals surface area (Å²) in [5.74, 6) is 2.07. The third kappa shape index (κ3) is 2.65. The van der Waals surface area contributed by atoms with E-state index in [1.165, 1.54) is 45.4 Å². The molecule has 0 unspecified atom stereocenters. The molecule has 4 aliphatic carbocycles. The normalized spacial score (nSPS) is 51.5. The Morgan fingerprint density at radius 2 is 1.96 bits per heavy atom. The maximum Gasteiger partial charge on any atom is 0.302 e. The van der Waals surface area contributed by atoms with E-state index in [2.05, 4.69) is 6.92 Å². The summed E-state index contributed by atoms with van der Waals surface area (Å²) in [6.45, 7) is 7.38. The first kappa shape index (κ1) is 19.3. The maximum atomic E-state index is 11.5.